The number of nitrogens with two attached hydrogens (primary N) is 2. The van der Waals surface area contributed by atoms with Crippen molar-refractivity contribution in [3.8, 4) is 0 Å². The van der Waals surface area contributed by atoms with E-state index in [1.165, 1.54) is 0 Å². The van der Waals surface area contributed by atoms with Gasteiger partial charge in [-0.1, -0.05) is 6.58 Å². The quantitative estimate of drug-likeness (QED) is 0.733. The lowest BCUT2D eigenvalue weighted by atomic mass is 10.2. The summed E-state index contributed by atoms with van der Waals surface area (Å²) in [6.07, 6.45) is -4.17. The van der Waals surface area contributed by atoms with Crippen molar-refractivity contribution in [3.63, 3.8) is 0 Å². The Hall–Kier alpha value is -1.63. The van der Waals surface area contributed by atoms with E-state index in [0.29, 0.717) is 0 Å². The lowest BCUT2D eigenvalue weighted by Crippen LogP contribution is -2.22. The fraction of sp³-hybridized carbons (Fsp3) is 0.111. The van der Waals surface area contributed by atoms with E-state index in [2.05, 4.69) is 17.0 Å². The van der Waals surface area contributed by atoms with Crippen LogP contribution in [-0.2, 0) is 26.2 Å². The minimum atomic E-state index is -5.07. The summed E-state index contributed by atoms with van der Waals surface area (Å²) in [6.45, 7) is 3.17. The van der Waals surface area contributed by atoms with E-state index < -0.39 is 47.3 Å². The molecule has 0 saturated heterocycles. The van der Waals surface area contributed by atoms with E-state index in [9.17, 15) is 30.0 Å². The Morgan fingerprint density at radius 1 is 1.05 bits per heavy atom. The summed E-state index contributed by atoms with van der Waals surface area (Å²) >= 11 is 0. The number of halogens is 3. The summed E-state index contributed by atoms with van der Waals surface area (Å²) in [4.78, 5) is -2.26. The predicted molar refractivity (Wildman–Crippen MR) is 68.0 cm³/mol. The van der Waals surface area contributed by atoms with Crippen LogP contribution in [0.3, 0.4) is 0 Å². The number of hydrogen-bond donors (Lipinski definition) is 3. The van der Waals surface area contributed by atoms with E-state index in [0.717, 1.165) is 6.20 Å². The second-order valence-corrected chi connectivity index (χ2v) is 6.84. The Kier molecular flexibility index (Phi) is 4.39. The molecule has 118 valence electrons. The Morgan fingerprint density at radius 2 is 1.52 bits per heavy atom. The van der Waals surface area contributed by atoms with Crippen LogP contribution >= 0.6 is 0 Å². The standard InChI is InChI=1S/C9H10F3N3O4S2/c1-2-15-6-3-5(9(10,11)12)7(20(13,16)17)4-8(6)21(14,18)19/h2-4,15H,1H2,(H2,13,16,17)(H2,14,18,19). The van der Waals surface area contributed by atoms with E-state index in [1.807, 2.05) is 0 Å². The monoisotopic (exact) mass is 345 g/mol. The molecule has 21 heavy (non-hydrogen) atoms. The lowest BCUT2D eigenvalue weighted by Gasteiger charge is -2.16. The van der Waals surface area contributed by atoms with Crippen molar-refractivity contribution in [1.29, 1.82) is 0 Å². The van der Waals surface area contributed by atoms with Gasteiger partial charge in [-0.05, 0) is 18.3 Å². The van der Waals surface area contributed by atoms with Gasteiger partial charge in [0, 0.05) is 0 Å². The highest BCUT2D eigenvalue weighted by Crippen LogP contribution is 2.38. The van der Waals surface area contributed by atoms with Gasteiger partial charge in [0.15, 0.2) is 0 Å². The van der Waals surface area contributed by atoms with E-state index in [4.69, 9.17) is 5.14 Å². The van der Waals surface area contributed by atoms with Crippen molar-refractivity contribution in [2.24, 2.45) is 10.3 Å². The average Bonchev–Trinajstić information content (AvgIpc) is 2.24. The zero-order valence-electron chi connectivity index (χ0n) is 10.2. The van der Waals surface area contributed by atoms with Gasteiger partial charge in [-0.2, -0.15) is 13.2 Å². The van der Waals surface area contributed by atoms with Gasteiger partial charge in [0.05, 0.1) is 16.1 Å². The maximum Gasteiger partial charge on any atom is 0.417 e. The van der Waals surface area contributed by atoms with Crippen molar-refractivity contribution in [1.82, 2.24) is 0 Å². The van der Waals surface area contributed by atoms with Crippen LogP contribution in [0.1, 0.15) is 5.56 Å². The number of rotatable bonds is 4. The third-order valence-electron chi connectivity index (χ3n) is 2.26. The zero-order valence-corrected chi connectivity index (χ0v) is 11.8. The van der Waals surface area contributed by atoms with Gasteiger partial charge in [0.1, 0.15) is 4.90 Å². The van der Waals surface area contributed by atoms with Gasteiger partial charge in [-0.15, -0.1) is 0 Å². The maximum absolute atomic E-state index is 12.9. The average molecular weight is 345 g/mol. The Bertz CT molecular complexity index is 785. The van der Waals surface area contributed by atoms with Gasteiger partial charge in [-0.3, -0.25) is 0 Å². The highest BCUT2D eigenvalue weighted by atomic mass is 32.2. The molecule has 0 heterocycles. The summed E-state index contributed by atoms with van der Waals surface area (Å²) in [5, 5.41) is 11.7. The molecule has 0 unspecified atom stereocenters. The first kappa shape index (κ1) is 17.4. The number of hydrogen-bond acceptors (Lipinski definition) is 5. The molecule has 0 aromatic heterocycles. The van der Waals surface area contributed by atoms with Crippen molar-refractivity contribution in [2.45, 2.75) is 16.0 Å². The first-order valence-electron chi connectivity index (χ1n) is 4.96. The van der Waals surface area contributed by atoms with Crippen LogP contribution < -0.4 is 15.6 Å². The number of alkyl halides is 3. The molecule has 7 nitrogen and oxygen atoms in total. The van der Waals surface area contributed by atoms with Gasteiger partial charge in [-0.25, -0.2) is 27.1 Å². The van der Waals surface area contributed by atoms with Crippen LogP contribution in [0.5, 0.6) is 0 Å². The highest BCUT2D eigenvalue weighted by molar-refractivity contribution is 7.90. The third-order valence-corrected chi connectivity index (χ3v) is 4.16. The largest absolute Gasteiger partial charge is 0.417 e. The summed E-state index contributed by atoms with van der Waals surface area (Å²) in [5.41, 5.74) is -2.20. The van der Waals surface area contributed by atoms with Crippen LogP contribution in [-0.4, -0.2) is 16.8 Å². The van der Waals surface area contributed by atoms with Crippen molar-refractivity contribution >= 4 is 25.7 Å². The van der Waals surface area contributed by atoms with Crippen molar-refractivity contribution < 1.29 is 30.0 Å². The summed E-state index contributed by atoms with van der Waals surface area (Å²) in [5.74, 6) is 0. The molecule has 0 fully saturated rings. The van der Waals surface area contributed by atoms with Crippen LogP contribution in [0.4, 0.5) is 18.9 Å². The predicted octanol–water partition coefficient (Wildman–Crippen LogP) is 0.556. The molecule has 0 aliphatic heterocycles. The molecule has 0 spiro atoms. The molecule has 0 radical (unpaired) electrons. The molecule has 12 heteroatoms. The van der Waals surface area contributed by atoms with Crippen molar-refractivity contribution in [2.75, 3.05) is 5.32 Å². The lowest BCUT2D eigenvalue weighted by molar-refractivity contribution is -0.139. The minimum absolute atomic E-state index is 0.249. The molecule has 0 bridgehead atoms. The molecule has 0 atom stereocenters. The van der Waals surface area contributed by atoms with Gasteiger partial charge in [0.25, 0.3) is 0 Å². The maximum atomic E-state index is 12.9. The molecular formula is C9H10F3N3O4S2. The number of primary sulfonamides is 2. The molecule has 0 amide bonds. The summed E-state index contributed by atoms with van der Waals surface area (Å²) in [6, 6.07) is 0.528. The summed E-state index contributed by atoms with van der Waals surface area (Å²) < 4.78 is 83.8. The first-order chi connectivity index (χ1) is 9.28. The molecular weight excluding hydrogens is 335 g/mol. The molecule has 0 aliphatic rings. The van der Waals surface area contributed by atoms with E-state index in [-0.39, 0.29) is 12.1 Å². The summed E-state index contributed by atoms with van der Waals surface area (Å²) in [7, 11) is -9.32. The van der Waals surface area contributed by atoms with Crippen LogP contribution in [0.2, 0.25) is 0 Å². The fourth-order valence-electron chi connectivity index (χ4n) is 1.48. The molecule has 1 aromatic rings. The normalized spacial score (nSPS) is 13.0. The molecule has 5 N–H and O–H groups in total. The van der Waals surface area contributed by atoms with E-state index in [1.54, 1.807) is 0 Å². The second kappa shape index (κ2) is 5.29. The first-order valence-corrected chi connectivity index (χ1v) is 8.06. The van der Waals surface area contributed by atoms with Gasteiger partial charge in [0.2, 0.25) is 20.0 Å². The molecule has 1 rings (SSSR count). The molecule has 0 saturated carbocycles. The van der Waals surface area contributed by atoms with Crippen LogP contribution in [0.15, 0.2) is 34.7 Å². The molecule has 1 aromatic carbocycles. The number of anilines is 1. The third kappa shape index (κ3) is 3.93. The second-order valence-electron chi connectivity index (χ2n) is 3.78. The topological polar surface area (TPSA) is 132 Å². The Balaban J connectivity index is 3.93. The number of benzene rings is 1. The van der Waals surface area contributed by atoms with Crippen molar-refractivity contribution in [3.05, 3.63) is 30.5 Å². The Morgan fingerprint density at radius 3 is 1.86 bits per heavy atom. The van der Waals surface area contributed by atoms with Gasteiger partial charge < -0.3 is 5.32 Å². The minimum Gasteiger partial charge on any atom is -0.361 e. The van der Waals surface area contributed by atoms with E-state index >= 15 is 0 Å². The molecule has 0 aliphatic carbocycles. The zero-order chi connectivity index (χ0) is 16.6. The van der Waals surface area contributed by atoms with Crippen LogP contribution in [0.25, 0.3) is 0 Å². The van der Waals surface area contributed by atoms with Gasteiger partial charge >= 0.3 is 6.18 Å². The Labute approximate surface area is 118 Å². The highest BCUT2D eigenvalue weighted by Gasteiger charge is 2.38. The SMILES string of the molecule is C=CNc1cc(C(F)(F)F)c(S(N)(=O)=O)cc1S(N)(=O)=O. The van der Waals surface area contributed by atoms with Crippen LogP contribution in [0, 0.1) is 0 Å². The number of nitrogens with one attached hydrogen (secondary N) is 1. The fourth-order valence-corrected chi connectivity index (χ4v) is 3.02. The smallest absolute Gasteiger partial charge is 0.361 e. The number of sulfonamides is 2.